The minimum Gasteiger partial charge on any atom is -0.481 e. The van der Waals surface area contributed by atoms with Crippen LogP contribution in [0.4, 0.5) is 0 Å². The first kappa shape index (κ1) is 14.0. The number of aliphatic carboxylic acids is 1. The Morgan fingerprint density at radius 2 is 2.12 bits per heavy atom. The molecule has 4 nitrogen and oxygen atoms in total. The summed E-state index contributed by atoms with van der Waals surface area (Å²) in [4.78, 5) is 10.8. The monoisotopic (exact) mass is 239 g/mol. The SMILES string of the molecule is CC#CCCNCC1(O)CCC(C(=O)O)CC1. The lowest BCUT2D eigenvalue weighted by molar-refractivity contribution is -0.144. The molecule has 0 bridgehead atoms. The second-order valence-electron chi connectivity index (χ2n) is 4.69. The van der Waals surface area contributed by atoms with Gasteiger partial charge in [-0.1, -0.05) is 0 Å². The summed E-state index contributed by atoms with van der Waals surface area (Å²) in [6, 6.07) is 0. The number of hydrogen-bond acceptors (Lipinski definition) is 3. The molecule has 1 fully saturated rings. The maximum atomic E-state index is 10.8. The standard InChI is InChI=1S/C13H21NO3/c1-2-3-4-9-14-10-13(17)7-5-11(6-8-13)12(15)16/h11,14,17H,4-10H2,1H3,(H,15,16). The third-order valence-corrected chi connectivity index (χ3v) is 3.32. The van der Waals surface area contributed by atoms with Crippen molar-refractivity contribution in [2.24, 2.45) is 5.92 Å². The predicted octanol–water partition coefficient (Wildman–Crippen LogP) is 0.995. The molecule has 1 aliphatic rings. The number of nitrogens with one attached hydrogen (secondary N) is 1. The number of carboxylic acid groups (broad SMARTS) is 1. The van der Waals surface area contributed by atoms with Gasteiger partial charge in [0.1, 0.15) is 0 Å². The van der Waals surface area contributed by atoms with Crippen LogP contribution in [0.5, 0.6) is 0 Å². The Labute approximate surface area is 102 Å². The first-order valence-electron chi connectivity index (χ1n) is 6.13. The van der Waals surface area contributed by atoms with Crippen LogP contribution >= 0.6 is 0 Å². The van der Waals surface area contributed by atoms with Crippen molar-refractivity contribution in [2.45, 2.75) is 44.6 Å². The molecular formula is C13H21NO3. The van der Waals surface area contributed by atoms with Gasteiger partial charge in [0.05, 0.1) is 11.5 Å². The van der Waals surface area contributed by atoms with Crippen molar-refractivity contribution in [3.05, 3.63) is 0 Å². The molecule has 1 aliphatic carbocycles. The Bertz CT molecular complexity index is 308. The van der Waals surface area contributed by atoms with Crippen LogP contribution in [0, 0.1) is 17.8 Å². The molecule has 17 heavy (non-hydrogen) atoms. The van der Waals surface area contributed by atoms with E-state index < -0.39 is 11.6 Å². The lowest BCUT2D eigenvalue weighted by Gasteiger charge is -2.34. The minimum atomic E-state index is -0.738. The molecule has 0 heterocycles. The smallest absolute Gasteiger partial charge is 0.306 e. The number of aliphatic hydroxyl groups is 1. The van der Waals surface area contributed by atoms with Gasteiger partial charge in [0.15, 0.2) is 0 Å². The summed E-state index contributed by atoms with van der Waals surface area (Å²) in [6.45, 7) is 3.11. The molecule has 1 rings (SSSR count). The van der Waals surface area contributed by atoms with E-state index in [-0.39, 0.29) is 5.92 Å². The zero-order chi connectivity index (χ0) is 12.7. The summed E-state index contributed by atoms with van der Waals surface area (Å²) >= 11 is 0. The zero-order valence-electron chi connectivity index (χ0n) is 10.3. The van der Waals surface area contributed by atoms with E-state index in [1.54, 1.807) is 6.92 Å². The summed E-state index contributed by atoms with van der Waals surface area (Å²) in [5.74, 6) is 4.75. The number of carboxylic acids is 1. The van der Waals surface area contributed by atoms with Crippen LogP contribution < -0.4 is 5.32 Å². The van der Waals surface area contributed by atoms with Crippen molar-refractivity contribution in [1.29, 1.82) is 0 Å². The first-order valence-corrected chi connectivity index (χ1v) is 6.13. The molecule has 0 aromatic rings. The van der Waals surface area contributed by atoms with E-state index >= 15 is 0 Å². The van der Waals surface area contributed by atoms with Crippen molar-refractivity contribution in [1.82, 2.24) is 5.32 Å². The minimum absolute atomic E-state index is 0.277. The molecule has 0 saturated heterocycles. The molecule has 0 aromatic carbocycles. The van der Waals surface area contributed by atoms with Crippen molar-refractivity contribution < 1.29 is 15.0 Å². The van der Waals surface area contributed by atoms with Gasteiger partial charge < -0.3 is 15.5 Å². The predicted molar refractivity (Wildman–Crippen MR) is 65.5 cm³/mol. The fourth-order valence-corrected chi connectivity index (χ4v) is 2.18. The molecule has 0 atom stereocenters. The van der Waals surface area contributed by atoms with Gasteiger partial charge in [0, 0.05) is 19.5 Å². The quantitative estimate of drug-likeness (QED) is 0.494. The molecule has 0 spiro atoms. The molecule has 96 valence electrons. The average Bonchev–Trinajstić information content (AvgIpc) is 2.29. The van der Waals surface area contributed by atoms with Crippen LogP contribution in [-0.4, -0.2) is 34.9 Å². The zero-order valence-corrected chi connectivity index (χ0v) is 10.3. The van der Waals surface area contributed by atoms with Crippen LogP contribution in [0.3, 0.4) is 0 Å². The molecule has 0 aliphatic heterocycles. The van der Waals surface area contributed by atoms with Crippen molar-refractivity contribution in [2.75, 3.05) is 13.1 Å². The maximum absolute atomic E-state index is 10.8. The van der Waals surface area contributed by atoms with E-state index in [1.807, 2.05) is 0 Å². The number of carbonyl (C=O) groups is 1. The summed E-state index contributed by atoms with van der Waals surface area (Å²) in [7, 11) is 0. The van der Waals surface area contributed by atoms with Crippen molar-refractivity contribution >= 4 is 5.97 Å². The highest BCUT2D eigenvalue weighted by Gasteiger charge is 2.35. The number of rotatable bonds is 5. The lowest BCUT2D eigenvalue weighted by Crippen LogP contribution is -2.44. The van der Waals surface area contributed by atoms with Gasteiger partial charge in [-0.05, 0) is 32.6 Å². The normalized spacial score (nSPS) is 28.2. The van der Waals surface area contributed by atoms with E-state index in [9.17, 15) is 9.90 Å². The highest BCUT2D eigenvalue weighted by Crippen LogP contribution is 2.31. The Morgan fingerprint density at radius 1 is 1.47 bits per heavy atom. The van der Waals surface area contributed by atoms with E-state index in [4.69, 9.17) is 5.11 Å². The van der Waals surface area contributed by atoms with E-state index in [2.05, 4.69) is 17.2 Å². The fraction of sp³-hybridized carbons (Fsp3) is 0.769. The van der Waals surface area contributed by atoms with Gasteiger partial charge >= 0.3 is 5.97 Å². The Hall–Kier alpha value is -1.05. The van der Waals surface area contributed by atoms with E-state index in [1.165, 1.54) is 0 Å². The lowest BCUT2D eigenvalue weighted by atomic mass is 9.79. The van der Waals surface area contributed by atoms with Gasteiger partial charge in [0.2, 0.25) is 0 Å². The Kier molecular flexibility index (Phi) is 5.46. The van der Waals surface area contributed by atoms with Gasteiger partial charge in [-0.3, -0.25) is 4.79 Å². The van der Waals surface area contributed by atoms with Gasteiger partial charge in [-0.2, -0.15) is 0 Å². The third-order valence-electron chi connectivity index (χ3n) is 3.32. The van der Waals surface area contributed by atoms with Gasteiger partial charge in [-0.25, -0.2) is 0 Å². The first-order chi connectivity index (χ1) is 8.07. The van der Waals surface area contributed by atoms with Crippen LogP contribution in [0.15, 0.2) is 0 Å². The number of hydrogen-bond donors (Lipinski definition) is 3. The van der Waals surface area contributed by atoms with E-state index in [0.717, 1.165) is 13.0 Å². The molecule has 4 heteroatoms. The summed E-state index contributed by atoms with van der Waals surface area (Å²) in [6.07, 6.45) is 3.06. The molecule has 3 N–H and O–H groups in total. The van der Waals surface area contributed by atoms with E-state index in [0.29, 0.717) is 32.2 Å². The second-order valence-corrected chi connectivity index (χ2v) is 4.69. The maximum Gasteiger partial charge on any atom is 0.306 e. The van der Waals surface area contributed by atoms with Crippen molar-refractivity contribution in [3.63, 3.8) is 0 Å². The highest BCUT2D eigenvalue weighted by atomic mass is 16.4. The largest absolute Gasteiger partial charge is 0.481 e. The summed E-state index contributed by atoms with van der Waals surface area (Å²) in [5.41, 5.74) is -0.731. The molecule has 0 radical (unpaired) electrons. The fourth-order valence-electron chi connectivity index (χ4n) is 2.18. The third kappa shape index (κ3) is 4.76. The molecule has 0 unspecified atom stereocenters. The van der Waals surface area contributed by atoms with Gasteiger partial charge in [-0.15, -0.1) is 11.8 Å². The van der Waals surface area contributed by atoms with Crippen LogP contribution in [-0.2, 0) is 4.79 Å². The molecule has 1 saturated carbocycles. The summed E-state index contributed by atoms with van der Waals surface area (Å²) < 4.78 is 0. The average molecular weight is 239 g/mol. The second kappa shape index (κ2) is 6.63. The molecule has 0 amide bonds. The molecular weight excluding hydrogens is 218 g/mol. The van der Waals surface area contributed by atoms with Crippen LogP contribution in [0.2, 0.25) is 0 Å². The molecule has 0 aromatic heterocycles. The summed E-state index contributed by atoms with van der Waals surface area (Å²) in [5, 5.41) is 22.3. The van der Waals surface area contributed by atoms with Gasteiger partial charge in [0.25, 0.3) is 0 Å². The van der Waals surface area contributed by atoms with Crippen LogP contribution in [0.1, 0.15) is 39.0 Å². The topological polar surface area (TPSA) is 69.6 Å². The Balaban J connectivity index is 2.24. The van der Waals surface area contributed by atoms with Crippen LogP contribution in [0.25, 0.3) is 0 Å². The highest BCUT2D eigenvalue weighted by molar-refractivity contribution is 5.70. The van der Waals surface area contributed by atoms with Crippen molar-refractivity contribution in [3.8, 4) is 11.8 Å². The Morgan fingerprint density at radius 3 is 2.65 bits per heavy atom.